The van der Waals surface area contributed by atoms with Gasteiger partial charge in [-0.15, -0.1) is 0 Å². The van der Waals surface area contributed by atoms with Gasteiger partial charge < -0.3 is 0 Å². The van der Waals surface area contributed by atoms with Crippen molar-refractivity contribution in [2.24, 2.45) is 5.92 Å². The van der Waals surface area contributed by atoms with Gasteiger partial charge in [0.1, 0.15) is 17.4 Å². The second-order valence-corrected chi connectivity index (χ2v) is 4.47. The second kappa shape index (κ2) is 4.84. The van der Waals surface area contributed by atoms with Crippen LogP contribution < -0.4 is 0 Å². The van der Waals surface area contributed by atoms with Gasteiger partial charge in [-0.25, -0.2) is 8.78 Å². The van der Waals surface area contributed by atoms with E-state index in [1.807, 2.05) is 0 Å². The van der Waals surface area contributed by atoms with E-state index in [0.717, 1.165) is 6.07 Å². The van der Waals surface area contributed by atoms with Crippen LogP contribution in [0.25, 0.3) is 0 Å². The fourth-order valence-corrected chi connectivity index (χ4v) is 1.48. The molecular formula is C11H11BrF2O. The third kappa shape index (κ3) is 2.84. The summed E-state index contributed by atoms with van der Waals surface area (Å²) in [5.74, 6) is -1.76. The number of carbonyl (C=O) groups excluding carboxylic acids is 1. The maximum absolute atomic E-state index is 13.4. The molecule has 0 aliphatic heterocycles. The van der Waals surface area contributed by atoms with Gasteiger partial charge in [0.25, 0.3) is 0 Å². The molecule has 0 aliphatic carbocycles. The predicted molar refractivity (Wildman–Crippen MR) is 57.6 cm³/mol. The Morgan fingerprint density at radius 1 is 1.40 bits per heavy atom. The van der Waals surface area contributed by atoms with Gasteiger partial charge in [-0.05, 0) is 28.1 Å². The molecule has 0 aliphatic rings. The molecule has 0 saturated heterocycles. The molecule has 0 amide bonds. The zero-order valence-corrected chi connectivity index (χ0v) is 10.1. The first-order chi connectivity index (χ1) is 6.93. The van der Waals surface area contributed by atoms with Crippen LogP contribution in [0, 0.1) is 17.6 Å². The normalized spacial score (nSPS) is 10.8. The molecule has 0 spiro atoms. The van der Waals surface area contributed by atoms with Crippen molar-refractivity contribution < 1.29 is 13.6 Å². The molecule has 0 atom stereocenters. The van der Waals surface area contributed by atoms with Crippen LogP contribution in [0.4, 0.5) is 8.78 Å². The third-order valence-corrected chi connectivity index (χ3v) is 2.75. The Morgan fingerprint density at radius 3 is 2.53 bits per heavy atom. The summed E-state index contributed by atoms with van der Waals surface area (Å²) in [5.41, 5.74) is -0.164. The Bertz CT molecular complexity index is 388. The van der Waals surface area contributed by atoms with Gasteiger partial charge in [-0.1, -0.05) is 13.8 Å². The Hall–Kier alpha value is -0.770. The molecule has 4 heteroatoms. The van der Waals surface area contributed by atoms with Crippen molar-refractivity contribution in [3.63, 3.8) is 0 Å². The van der Waals surface area contributed by atoms with Gasteiger partial charge in [0.2, 0.25) is 0 Å². The lowest BCUT2D eigenvalue weighted by Gasteiger charge is -2.07. The zero-order chi connectivity index (χ0) is 11.6. The number of benzene rings is 1. The number of carbonyl (C=O) groups is 1. The molecule has 1 aromatic rings. The van der Waals surface area contributed by atoms with E-state index in [4.69, 9.17) is 0 Å². The van der Waals surface area contributed by atoms with Crippen LogP contribution in [-0.4, -0.2) is 5.78 Å². The fraction of sp³-hybridized carbons (Fsp3) is 0.364. The highest BCUT2D eigenvalue weighted by atomic mass is 79.9. The Morgan fingerprint density at radius 2 is 2.00 bits per heavy atom. The third-order valence-electron chi connectivity index (χ3n) is 2.13. The van der Waals surface area contributed by atoms with Crippen molar-refractivity contribution >= 4 is 21.7 Å². The van der Waals surface area contributed by atoms with Crippen molar-refractivity contribution in [2.75, 3.05) is 0 Å². The summed E-state index contributed by atoms with van der Waals surface area (Å²) < 4.78 is 26.9. The van der Waals surface area contributed by atoms with Crippen LogP contribution in [0.2, 0.25) is 0 Å². The smallest absolute Gasteiger partial charge is 0.143 e. The van der Waals surface area contributed by atoms with E-state index in [-0.39, 0.29) is 28.2 Å². The SMILES string of the molecule is CC(C)C(=O)Cc1c(F)ccc(Br)c1F. The summed E-state index contributed by atoms with van der Waals surface area (Å²) in [6, 6.07) is 2.43. The lowest BCUT2D eigenvalue weighted by Crippen LogP contribution is -2.12. The van der Waals surface area contributed by atoms with Gasteiger partial charge in [-0.2, -0.15) is 0 Å². The molecule has 1 rings (SSSR count). The van der Waals surface area contributed by atoms with Gasteiger partial charge in [0.15, 0.2) is 0 Å². The summed E-state index contributed by atoms with van der Waals surface area (Å²) in [6.45, 7) is 3.41. The quantitative estimate of drug-likeness (QED) is 0.773. The first-order valence-corrected chi connectivity index (χ1v) is 5.38. The van der Waals surface area contributed by atoms with E-state index in [1.165, 1.54) is 6.07 Å². The second-order valence-electron chi connectivity index (χ2n) is 3.62. The van der Waals surface area contributed by atoms with Gasteiger partial charge in [0, 0.05) is 17.9 Å². The molecular weight excluding hydrogens is 266 g/mol. The molecule has 0 N–H and O–H groups in total. The van der Waals surface area contributed by atoms with Crippen LogP contribution >= 0.6 is 15.9 Å². The first-order valence-electron chi connectivity index (χ1n) is 4.58. The molecule has 0 aromatic heterocycles. The minimum Gasteiger partial charge on any atom is -0.299 e. The van der Waals surface area contributed by atoms with Crippen molar-refractivity contribution in [3.8, 4) is 0 Å². The topological polar surface area (TPSA) is 17.1 Å². The predicted octanol–water partition coefficient (Wildman–Crippen LogP) is 3.49. The number of hydrogen-bond acceptors (Lipinski definition) is 1. The summed E-state index contributed by atoms with van der Waals surface area (Å²) in [5, 5.41) is 0. The lowest BCUT2D eigenvalue weighted by atomic mass is 10.0. The maximum Gasteiger partial charge on any atom is 0.143 e. The minimum absolute atomic E-state index is 0.164. The van der Waals surface area contributed by atoms with Crippen LogP contribution in [0.3, 0.4) is 0 Å². The summed E-state index contributed by atoms with van der Waals surface area (Å²) in [6.07, 6.45) is -0.200. The molecule has 0 radical (unpaired) electrons. The lowest BCUT2D eigenvalue weighted by molar-refractivity contribution is -0.121. The molecule has 0 unspecified atom stereocenters. The molecule has 82 valence electrons. The van der Waals surface area contributed by atoms with E-state index < -0.39 is 11.6 Å². The summed E-state index contributed by atoms with van der Waals surface area (Å²) in [7, 11) is 0. The van der Waals surface area contributed by atoms with Crippen LogP contribution in [0.15, 0.2) is 16.6 Å². The molecule has 0 fully saturated rings. The minimum atomic E-state index is -0.691. The Kier molecular flexibility index (Phi) is 3.97. The van der Waals surface area contributed by atoms with Gasteiger partial charge >= 0.3 is 0 Å². The van der Waals surface area contributed by atoms with Crippen LogP contribution in [0.5, 0.6) is 0 Å². The van der Waals surface area contributed by atoms with Crippen molar-refractivity contribution in [2.45, 2.75) is 20.3 Å². The number of ketones is 1. The summed E-state index contributed by atoms with van der Waals surface area (Å²) in [4.78, 5) is 11.4. The maximum atomic E-state index is 13.4. The molecule has 0 saturated carbocycles. The highest BCUT2D eigenvalue weighted by Crippen LogP contribution is 2.22. The largest absolute Gasteiger partial charge is 0.299 e. The number of rotatable bonds is 3. The van der Waals surface area contributed by atoms with Crippen molar-refractivity contribution in [3.05, 3.63) is 33.8 Å². The average Bonchev–Trinajstić information content (AvgIpc) is 2.18. The molecule has 1 nitrogen and oxygen atoms in total. The number of hydrogen-bond donors (Lipinski definition) is 0. The first kappa shape index (κ1) is 12.3. The highest BCUT2D eigenvalue weighted by Gasteiger charge is 2.17. The monoisotopic (exact) mass is 276 g/mol. The van der Waals surface area contributed by atoms with E-state index in [2.05, 4.69) is 15.9 Å². The van der Waals surface area contributed by atoms with Crippen molar-refractivity contribution in [1.82, 2.24) is 0 Å². The van der Waals surface area contributed by atoms with Crippen LogP contribution in [-0.2, 0) is 11.2 Å². The molecule has 15 heavy (non-hydrogen) atoms. The summed E-state index contributed by atoms with van der Waals surface area (Å²) >= 11 is 2.95. The number of Topliss-reactive ketones (excluding diaryl/α,β-unsaturated/α-hetero) is 1. The van der Waals surface area contributed by atoms with Crippen molar-refractivity contribution in [1.29, 1.82) is 0 Å². The van der Waals surface area contributed by atoms with Gasteiger partial charge in [-0.3, -0.25) is 4.79 Å². The molecule has 0 bridgehead atoms. The van der Waals surface area contributed by atoms with E-state index in [0.29, 0.717) is 0 Å². The zero-order valence-electron chi connectivity index (χ0n) is 8.48. The average molecular weight is 277 g/mol. The van der Waals surface area contributed by atoms with Crippen LogP contribution in [0.1, 0.15) is 19.4 Å². The van der Waals surface area contributed by atoms with Gasteiger partial charge in [0.05, 0.1) is 4.47 Å². The Labute approximate surface area is 95.6 Å². The van der Waals surface area contributed by atoms with E-state index in [1.54, 1.807) is 13.8 Å². The van der Waals surface area contributed by atoms with E-state index in [9.17, 15) is 13.6 Å². The van der Waals surface area contributed by atoms with E-state index >= 15 is 0 Å². The Balaban J connectivity index is 3.04. The molecule has 1 aromatic carbocycles. The highest BCUT2D eigenvalue weighted by molar-refractivity contribution is 9.10. The fourth-order valence-electron chi connectivity index (χ4n) is 1.11. The molecule has 0 heterocycles. The number of halogens is 3. The standard InChI is InChI=1S/C11H11BrF2O/c1-6(2)10(15)5-7-9(13)4-3-8(12)11(7)14/h3-4,6H,5H2,1-2H3.